The van der Waals surface area contributed by atoms with Crippen molar-refractivity contribution in [3.8, 4) is 0 Å². The number of carboxylic acid groups (broad SMARTS) is 1. The van der Waals surface area contributed by atoms with Gasteiger partial charge < -0.3 is 10.8 Å². The van der Waals surface area contributed by atoms with Crippen LogP contribution in [0.2, 0.25) is 0 Å². The molecule has 66 valence electrons. The Bertz CT molecular complexity index is 150. The molecule has 0 aromatic heterocycles. The highest BCUT2D eigenvalue weighted by atomic mass is 19.2. The Morgan fingerprint density at radius 3 is 2.55 bits per heavy atom. The molecule has 3 nitrogen and oxygen atoms in total. The van der Waals surface area contributed by atoms with Gasteiger partial charge in [0.1, 0.15) is 18.4 Å². The van der Waals surface area contributed by atoms with Crippen molar-refractivity contribution in [3.05, 3.63) is 0 Å². The van der Waals surface area contributed by atoms with Crippen molar-refractivity contribution < 1.29 is 18.7 Å². The molecule has 0 rings (SSSR count). The van der Waals surface area contributed by atoms with Gasteiger partial charge in [-0.25, -0.2) is 8.78 Å². The van der Waals surface area contributed by atoms with Gasteiger partial charge >= 0.3 is 5.97 Å². The van der Waals surface area contributed by atoms with Crippen LogP contribution in [0.25, 0.3) is 0 Å². The largest absolute Gasteiger partial charge is 0.480 e. The summed E-state index contributed by atoms with van der Waals surface area (Å²) < 4.78 is 24.5. The third-order valence-electron chi connectivity index (χ3n) is 1.24. The van der Waals surface area contributed by atoms with E-state index in [0.29, 0.717) is 0 Å². The Balaban J connectivity index is 3.93. The fourth-order valence-electron chi connectivity index (χ4n) is 0.600. The van der Waals surface area contributed by atoms with Crippen molar-refractivity contribution in [1.82, 2.24) is 0 Å². The van der Waals surface area contributed by atoms with E-state index in [-0.39, 0.29) is 0 Å². The van der Waals surface area contributed by atoms with Crippen LogP contribution < -0.4 is 5.73 Å². The fourth-order valence-corrected chi connectivity index (χ4v) is 0.600. The maximum Gasteiger partial charge on any atom is 0.320 e. The third kappa shape index (κ3) is 3.87. The summed E-state index contributed by atoms with van der Waals surface area (Å²) >= 11 is 0. The zero-order valence-electron chi connectivity index (χ0n) is 6.18. The first-order valence-corrected chi connectivity index (χ1v) is 3.12. The van der Waals surface area contributed by atoms with Crippen LogP contribution in [0, 0.1) is 0 Å². The van der Waals surface area contributed by atoms with Crippen LogP contribution in [0.4, 0.5) is 8.78 Å². The molecule has 2 atom stereocenters. The molecule has 0 aliphatic carbocycles. The van der Waals surface area contributed by atoms with Crippen LogP contribution in [0.3, 0.4) is 0 Å². The number of hydrogen-bond donors (Lipinski definition) is 2. The molecular formula is C6H11F2NO2. The molecule has 0 fully saturated rings. The summed E-state index contributed by atoms with van der Waals surface area (Å²) in [4.78, 5) is 10.1. The number of carboxylic acids is 1. The number of hydrogen-bond acceptors (Lipinski definition) is 2. The zero-order chi connectivity index (χ0) is 9.07. The first kappa shape index (κ1) is 10.3. The van der Waals surface area contributed by atoms with Gasteiger partial charge in [0, 0.05) is 6.42 Å². The average molecular weight is 167 g/mol. The Kier molecular flexibility index (Phi) is 3.38. The quantitative estimate of drug-likeness (QED) is 0.640. The lowest BCUT2D eigenvalue weighted by Gasteiger charge is -2.17. The topological polar surface area (TPSA) is 63.3 Å². The molecule has 0 heterocycles. The van der Waals surface area contributed by atoms with Gasteiger partial charge in [0.05, 0.1) is 0 Å². The van der Waals surface area contributed by atoms with E-state index < -0.39 is 30.8 Å². The molecular weight excluding hydrogens is 156 g/mol. The third-order valence-corrected chi connectivity index (χ3v) is 1.24. The van der Waals surface area contributed by atoms with Crippen LogP contribution in [0.15, 0.2) is 0 Å². The summed E-state index contributed by atoms with van der Waals surface area (Å²) in [5.41, 5.74) is 2.84. The predicted octanol–water partition coefficient (Wildman–Crippen LogP) is 0.486. The Morgan fingerprint density at radius 1 is 1.82 bits per heavy atom. The Morgan fingerprint density at radius 2 is 2.27 bits per heavy atom. The summed E-state index contributed by atoms with van der Waals surface area (Å²) in [5, 5.41) is 8.23. The van der Waals surface area contributed by atoms with E-state index in [0.717, 1.165) is 6.92 Å². The van der Waals surface area contributed by atoms with Gasteiger partial charge in [0.2, 0.25) is 0 Å². The maximum atomic E-state index is 12.7. The number of alkyl halides is 2. The lowest BCUT2D eigenvalue weighted by atomic mass is 10.0. The van der Waals surface area contributed by atoms with Gasteiger partial charge in [0.15, 0.2) is 0 Å². The highest BCUT2D eigenvalue weighted by Gasteiger charge is 2.29. The molecule has 0 spiro atoms. The van der Waals surface area contributed by atoms with Gasteiger partial charge in [-0.15, -0.1) is 0 Å². The molecule has 0 aromatic carbocycles. The van der Waals surface area contributed by atoms with E-state index >= 15 is 0 Å². The van der Waals surface area contributed by atoms with Crippen molar-refractivity contribution in [2.45, 2.75) is 25.1 Å². The average Bonchev–Trinajstić information content (AvgIpc) is 1.87. The van der Waals surface area contributed by atoms with Crippen molar-refractivity contribution in [2.24, 2.45) is 5.73 Å². The molecule has 5 heteroatoms. The smallest absolute Gasteiger partial charge is 0.320 e. The molecule has 0 saturated heterocycles. The molecule has 1 unspecified atom stereocenters. The second-order valence-corrected chi connectivity index (χ2v) is 2.70. The van der Waals surface area contributed by atoms with Crippen LogP contribution in [-0.2, 0) is 4.79 Å². The van der Waals surface area contributed by atoms with E-state index in [1.54, 1.807) is 0 Å². The van der Waals surface area contributed by atoms with Gasteiger partial charge in [-0.1, -0.05) is 0 Å². The van der Waals surface area contributed by atoms with Gasteiger partial charge in [0.25, 0.3) is 0 Å². The molecule has 11 heavy (non-hydrogen) atoms. The molecule has 0 radical (unpaired) electrons. The van der Waals surface area contributed by atoms with Crippen LogP contribution >= 0.6 is 0 Å². The van der Waals surface area contributed by atoms with Gasteiger partial charge in [-0.3, -0.25) is 4.79 Å². The number of halogens is 2. The number of aliphatic carboxylic acids is 1. The van der Waals surface area contributed by atoms with E-state index in [1.807, 2.05) is 0 Å². The highest BCUT2D eigenvalue weighted by molar-refractivity contribution is 5.73. The van der Waals surface area contributed by atoms with Crippen molar-refractivity contribution >= 4 is 5.97 Å². The molecule has 0 amide bonds. The van der Waals surface area contributed by atoms with Crippen LogP contribution in [-0.4, -0.2) is 29.5 Å². The van der Waals surface area contributed by atoms with Gasteiger partial charge in [-0.2, -0.15) is 0 Å². The lowest BCUT2D eigenvalue weighted by Crippen LogP contribution is -2.38. The second kappa shape index (κ2) is 3.61. The minimum atomic E-state index is -2.13. The molecule has 0 aliphatic rings. The SMILES string of the molecule is CC(F)(CF)C[C@H](N)C(=O)O. The minimum absolute atomic E-state index is 0.501. The maximum absolute atomic E-state index is 12.7. The van der Waals surface area contributed by atoms with E-state index in [2.05, 4.69) is 0 Å². The van der Waals surface area contributed by atoms with Crippen LogP contribution in [0.1, 0.15) is 13.3 Å². The summed E-state index contributed by atoms with van der Waals surface area (Å²) in [5.74, 6) is -1.32. The number of carbonyl (C=O) groups is 1. The summed E-state index contributed by atoms with van der Waals surface area (Å²) in [6.45, 7) is -0.232. The van der Waals surface area contributed by atoms with Crippen LogP contribution in [0.5, 0.6) is 0 Å². The number of rotatable bonds is 4. The first-order chi connectivity index (χ1) is 4.89. The van der Waals surface area contributed by atoms with E-state index in [1.165, 1.54) is 0 Å². The summed E-state index contributed by atoms with van der Waals surface area (Å²) in [6, 6.07) is -1.33. The molecule has 3 N–H and O–H groups in total. The van der Waals surface area contributed by atoms with Crippen molar-refractivity contribution in [1.29, 1.82) is 0 Å². The van der Waals surface area contributed by atoms with Gasteiger partial charge in [-0.05, 0) is 6.92 Å². The number of nitrogens with two attached hydrogens (primary N) is 1. The van der Waals surface area contributed by atoms with Crippen molar-refractivity contribution in [3.63, 3.8) is 0 Å². The zero-order valence-corrected chi connectivity index (χ0v) is 6.18. The fraction of sp³-hybridized carbons (Fsp3) is 0.833. The Hall–Kier alpha value is -0.710. The monoisotopic (exact) mass is 167 g/mol. The molecule has 0 saturated carbocycles. The standard InChI is InChI=1S/C6H11F2NO2/c1-6(8,3-7)2-4(9)5(10)11/h4H,2-3,9H2,1H3,(H,10,11)/t4-,6?/m0/s1. The lowest BCUT2D eigenvalue weighted by molar-refractivity contribution is -0.139. The molecule has 0 aromatic rings. The molecule has 0 aliphatic heterocycles. The summed E-state index contributed by atoms with van der Waals surface area (Å²) in [6.07, 6.45) is -0.501. The highest BCUT2D eigenvalue weighted by Crippen LogP contribution is 2.17. The minimum Gasteiger partial charge on any atom is -0.480 e. The Labute approximate surface area is 63.2 Å². The first-order valence-electron chi connectivity index (χ1n) is 3.12. The van der Waals surface area contributed by atoms with E-state index in [9.17, 15) is 13.6 Å². The second-order valence-electron chi connectivity index (χ2n) is 2.70. The summed E-state index contributed by atoms with van der Waals surface area (Å²) in [7, 11) is 0. The molecule has 0 bridgehead atoms. The predicted molar refractivity (Wildman–Crippen MR) is 35.7 cm³/mol. The van der Waals surface area contributed by atoms with Crippen molar-refractivity contribution in [2.75, 3.05) is 6.67 Å². The van der Waals surface area contributed by atoms with E-state index in [4.69, 9.17) is 10.8 Å². The normalized spacial score (nSPS) is 18.9.